The van der Waals surface area contributed by atoms with Crippen LogP contribution in [-0.2, 0) is 11.4 Å². The first-order chi connectivity index (χ1) is 12.8. The smallest absolute Gasteiger partial charge is 0.262 e. The maximum atomic E-state index is 12.0. The Morgan fingerprint density at radius 2 is 2.00 bits per heavy atom. The van der Waals surface area contributed by atoms with Crippen LogP contribution in [0.4, 0.5) is 0 Å². The third kappa shape index (κ3) is 6.13. The summed E-state index contributed by atoms with van der Waals surface area (Å²) in [6.07, 6.45) is 1.50. The van der Waals surface area contributed by atoms with Gasteiger partial charge in [-0.1, -0.05) is 41.4 Å². The van der Waals surface area contributed by atoms with Crippen molar-refractivity contribution < 1.29 is 9.53 Å². The maximum absolute atomic E-state index is 12.0. The fourth-order valence-electron chi connectivity index (χ4n) is 2.30. The van der Waals surface area contributed by atoms with E-state index >= 15 is 0 Å². The number of hydrogen-bond acceptors (Lipinski definition) is 3. The van der Waals surface area contributed by atoms with E-state index in [1.165, 1.54) is 11.6 Å². The van der Waals surface area contributed by atoms with Crippen LogP contribution in [0.3, 0.4) is 0 Å². The molecule has 0 saturated heterocycles. The summed E-state index contributed by atoms with van der Waals surface area (Å²) in [5, 5.41) is 12.3. The molecule has 2 aromatic rings. The van der Waals surface area contributed by atoms with Crippen molar-refractivity contribution in [1.29, 1.82) is 5.26 Å². The van der Waals surface area contributed by atoms with Crippen molar-refractivity contribution in [3.8, 4) is 11.8 Å². The van der Waals surface area contributed by atoms with Crippen molar-refractivity contribution >= 4 is 39.5 Å². The first-order valence-electron chi connectivity index (χ1n) is 8.40. The van der Waals surface area contributed by atoms with E-state index in [-0.39, 0.29) is 11.6 Å². The van der Waals surface area contributed by atoms with Gasteiger partial charge in [0.15, 0.2) is 5.75 Å². The van der Waals surface area contributed by atoms with Gasteiger partial charge in [-0.15, -0.1) is 0 Å². The average Bonchev–Trinajstić information content (AvgIpc) is 2.59. The molecule has 140 valence electrons. The van der Waals surface area contributed by atoms with Crippen LogP contribution in [0.2, 0.25) is 5.02 Å². The van der Waals surface area contributed by atoms with Gasteiger partial charge in [-0.05, 0) is 66.0 Å². The Labute approximate surface area is 172 Å². The zero-order valence-corrected chi connectivity index (χ0v) is 17.7. The van der Waals surface area contributed by atoms with Crippen LogP contribution in [-0.4, -0.2) is 11.9 Å². The van der Waals surface area contributed by atoms with Crippen molar-refractivity contribution in [1.82, 2.24) is 5.32 Å². The van der Waals surface area contributed by atoms with Crippen molar-refractivity contribution in [2.45, 2.75) is 33.4 Å². The number of rotatable bonds is 6. The zero-order valence-electron chi connectivity index (χ0n) is 15.3. The van der Waals surface area contributed by atoms with Gasteiger partial charge < -0.3 is 10.1 Å². The highest BCUT2D eigenvalue weighted by Gasteiger charge is 2.13. The number of benzene rings is 2. The van der Waals surface area contributed by atoms with Crippen LogP contribution in [0, 0.1) is 18.3 Å². The first kappa shape index (κ1) is 21.0. The lowest BCUT2D eigenvalue weighted by molar-refractivity contribution is -0.117. The Bertz CT molecular complexity index is 876. The SMILES string of the molecule is Cc1ccc(COc2c(Cl)cc(/C=C(/C#N)C(=O)NC(C)C)cc2Br)cc1. The van der Waals surface area contributed by atoms with Crippen molar-refractivity contribution in [3.63, 3.8) is 0 Å². The molecule has 0 unspecified atom stereocenters. The molecule has 6 heteroatoms. The number of carbonyl (C=O) groups excluding carboxylic acids is 1. The van der Waals surface area contributed by atoms with E-state index in [2.05, 4.69) is 21.2 Å². The summed E-state index contributed by atoms with van der Waals surface area (Å²) in [6, 6.07) is 13.3. The van der Waals surface area contributed by atoms with Gasteiger partial charge in [0, 0.05) is 6.04 Å². The highest BCUT2D eigenvalue weighted by molar-refractivity contribution is 9.10. The highest BCUT2D eigenvalue weighted by Crippen LogP contribution is 2.35. The van der Waals surface area contributed by atoms with E-state index in [9.17, 15) is 10.1 Å². The van der Waals surface area contributed by atoms with Crippen LogP contribution in [0.1, 0.15) is 30.5 Å². The quantitative estimate of drug-likeness (QED) is 0.475. The maximum Gasteiger partial charge on any atom is 0.262 e. The van der Waals surface area contributed by atoms with Gasteiger partial charge in [-0.25, -0.2) is 0 Å². The van der Waals surface area contributed by atoms with Crippen LogP contribution in [0.5, 0.6) is 5.75 Å². The molecule has 0 atom stereocenters. The van der Waals surface area contributed by atoms with E-state index in [0.29, 0.717) is 27.4 Å². The van der Waals surface area contributed by atoms with Gasteiger partial charge in [0.05, 0.1) is 9.50 Å². The molecule has 1 amide bonds. The van der Waals surface area contributed by atoms with Crippen LogP contribution in [0.15, 0.2) is 46.4 Å². The molecule has 0 saturated carbocycles. The summed E-state index contributed by atoms with van der Waals surface area (Å²) in [6.45, 7) is 6.08. The van der Waals surface area contributed by atoms with Crippen LogP contribution in [0.25, 0.3) is 6.08 Å². The second kappa shape index (κ2) is 9.59. The molecule has 0 heterocycles. The number of nitrogens with one attached hydrogen (secondary N) is 1. The number of nitrogens with zero attached hydrogens (tertiary/aromatic N) is 1. The minimum atomic E-state index is -0.417. The van der Waals surface area contributed by atoms with E-state index < -0.39 is 5.91 Å². The van der Waals surface area contributed by atoms with E-state index in [0.717, 1.165) is 5.56 Å². The summed E-state index contributed by atoms with van der Waals surface area (Å²) in [4.78, 5) is 12.0. The lowest BCUT2D eigenvalue weighted by Gasteiger charge is -2.12. The molecule has 27 heavy (non-hydrogen) atoms. The average molecular weight is 448 g/mol. The summed E-state index contributed by atoms with van der Waals surface area (Å²) >= 11 is 9.80. The third-order valence-electron chi connectivity index (χ3n) is 3.62. The minimum Gasteiger partial charge on any atom is -0.486 e. The molecule has 0 fully saturated rings. The zero-order chi connectivity index (χ0) is 20.0. The number of ether oxygens (including phenoxy) is 1. The predicted octanol–water partition coefficient (Wildman–Crippen LogP) is 5.42. The molecule has 2 rings (SSSR count). The van der Waals surface area contributed by atoms with Crippen molar-refractivity contribution in [2.75, 3.05) is 0 Å². The topological polar surface area (TPSA) is 62.1 Å². The monoisotopic (exact) mass is 446 g/mol. The molecule has 0 bridgehead atoms. The van der Waals surface area contributed by atoms with Gasteiger partial charge in [-0.3, -0.25) is 4.79 Å². The molecular formula is C21H20BrClN2O2. The Morgan fingerprint density at radius 3 is 2.56 bits per heavy atom. The molecule has 2 aromatic carbocycles. The lowest BCUT2D eigenvalue weighted by Crippen LogP contribution is -2.30. The van der Waals surface area contributed by atoms with Crippen LogP contribution >= 0.6 is 27.5 Å². The van der Waals surface area contributed by atoms with E-state index in [1.54, 1.807) is 12.1 Å². The molecule has 0 aliphatic rings. The third-order valence-corrected chi connectivity index (χ3v) is 4.49. The van der Waals surface area contributed by atoms with E-state index in [1.807, 2.05) is 51.1 Å². The predicted molar refractivity (Wildman–Crippen MR) is 112 cm³/mol. The number of carbonyl (C=O) groups is 1. The highest BCUT2D eigenvalue weighted by atomic mass is 79.9. The molecule has 0 aromatic heterocycles. The summed E-state index contributed by atoms with van der Waals surface area (Å²) in [5.41, 5.74) is 2.86. The Hall–Kier alpha value is -2.29. The number of hydrogen-bond donors (Lipinski definition) is 1. The lowest BCUT2D eigenvalue weighted by atomic mass is 10.1. The minimum absolute atomic E-state index is 0.0139. The first-order valence-corrected chi connectivity index (χ1v) is 9.57. The fourth-order valence-corrected chi connectivity index (χ4v) is 3.28. The Balaban J connectivity index is 2.20. The molecule has 4 nitrogen and oxygen atoms in total. The second-order valence-electron chi connectivity index (χ2n) is 6.39. The number of amides is 1. The molecule has 0 aliphatic carbocycles. The molecule has 0 spiro atoms. The van der Waals surface area contributed by atoms with Gasteiger partial charge in [0.25, 0.3) is 5.91 Å². The number of nitriles is 1. The van der Waals surface area contributed by atoms with Gasteiger partial charge >= 0.3 is 0 Å². The molecule has 0 aliphatic heterocycles. The van der Waals surface area contributed by atoms with E-state index in [4.69, 9.17) is 16.3 Å². The number of aryl methyl sites for hydroxylation is 1. The van der Waals surface area contributed by atoms with Gasteiger partial charge in [0.2, 0.25) is 0 Å². The Morgan fingerprint density at radius 1 is 1.33 bits per heavy atom. The molecule has 0 radical (unpaired) electrons. The van der Waals surface area contributed by atoms with Crippen molar-refractivity contribution in [2.24, 2.45) is 0 Å². The molecular weight excluding hydrogens is 428 g/mol. The summed E-state index contributed by atoms with van der Waals surface area (Å²) in [7, 11) is 0. The summed E-state index contributed by atoms with van der Waals surface area (Å²) in [5.74, 6) is 0.0963. The largest absolute Gasteiger partial charge is 0.486 e. The molecule has 1 N–H and O–H groups in total. The van der Waals surface area contributed by atoms with Crippen LogP contribution < -0.4 is 10.1 Å². The standard InChI is InChI=1S/C21H20BrClN2O2/c1-13(2)25-21(26)17(11-24)8-16-9-18(22)20(19(23)10-16)27-12-15-6-4-14(3)5-7-15/h4-10,13H,12H2,1-3H3,(H,25,26)/b17-8-. The van der Waals surface area contributed by atoms with Gasteiger partial charge in [-0.2, -0.15) is 5.26 Å². The Kier molecular flexibility index (Phi) is 7.46. The summed E-state index contributed by atoms with van der Waals surface area (Å²) < 4.78 is 6.48. The fraction of sp³-hybridized carbons (Fsp3) is 0.238. The second-order valence-corrected chi connectivity index (χ2v) is 7.65. The normalized spacial score (nSPS) is 11.2. The number of halogens is 2. The van der Waals surface area contributed by atoms with Gasteiger partial charge in [0.1, 0.15) is 18.2 Å². The van der Waals surface area contributed by atoms with Crippen molar-refractivity contribution in [3.05, 3.63) is 68.2 Å².